The van der Waals surface area contributed by atoms with E-state index in [0.29, 0.717) is 17.1 Å². The van der Waals surface area contributed by atoms with Crippen LogP contribution in [0.15, 0.2) is 46.2 Å². The normalized spacial score (nSPS) is 11.8. The third kappa shape index (κ3) is 5.04. The molecule has 3 rings (SSSR count). The van der Waals surface area contributed by atoms with Crippen LogP contribution >= 0.6 is 11.3 Å². The van der Waals surface area contributed by atoms with Crippen LogP contribution in [0.25, 0.3) is 10.8 Å². The van der Waals surface area contributed by atoms with Crippen LogP contribution in [0.3, 0.4) is 0 Å². The summed E-state index contributed by atoms with van der Waals surface area (Å²) in [6.07, 6.45) is -0.344. The van der Waals surface area contributed by atoms with E-state index < -0.39 is 6.10 Å². The number of amides is 1. The predicted molar refractivity (Wildman–Crippen MR) is 104 cm³/mol. The highest BCUT2D eigenvalue weighted by Crippen LogP contribution is 2.26. The van der Waals surface area contributed by atoms with Gasteiger partial charge in [0.15, 0.2) is 10.8 Å². The van der Waals surface area contributed by atoms with Crippen LogP contribution in [0.1, 0.15) is 37.0 Å². The average molecular weight is 384 g/mol. The van der Waals surface area contributed by atoms with E-state index in [2.05, 4.69) is 10.3 Å². The van der Waals surface area contributed by atoms with Crippen molar-refractivity contribution in [3.05, 3.63) is 58.8 Å². The van der Waals surface area contributed by atoms with Crippen molar-refractivity contribution < 1.29 is 18.7 Å². The number of anilines is 1. The van der Waals surface area contributed by atoms with Crippen molar-refractivity contribution in [2.75, 3.05) is 5.32 Å². The number of esters is 1. The molecule has 1 atom stereocenters. The number of aryl methyl sites for hydroxylation is 1. The summed E-state index contributed by atoms with van der Waals surface area (Å²) in [7, 11) is 0. The third-order valence-electron chi connectivity index (χ3n) is 3.81. The van der Waals surface area contributed by atoms with E-state index in [-0.39, 0.29) is 18.3 Å². The minimum absolute atomic E-state index is 0.0892. The molecule has 1 aromatic carbocycles. The van der Waals surface area contributed by atoms with E-state index in [1.165, 1.54) is 18.3 Å². The summed E-state index contributed by atoms with van der Waals surface area (Å²) >= 11 is 1.43. The number of aromatic nitrogens is 1. The second kappa shape index (κ2) is 8.18. The van der Waals surface area contributed by atoms with Crippen molar-refractivity contribution in [1.29, 1.82) is 0 Å². The van der Waals surface area contributed by atoms with E-state index in [9.17, 15) is 9.59 Å². The lowest BCUT2D eigenvalue weighted by atomic mass is 10.1. The van der Waals surface area contributed by atoms with Gasteiger partial charge in [-0.05, 0) is 43.7 Å². The summed E-state index contributed by atoms with van der Waals surface area (Å²) in [5, 5.41) is 5.28. The average Bonchev–Trinajstić information content (AvgIpc) is 3.23. The topological polar surface area (TPSA) is 81.4 Å². The Morgan fingerprint density at radius 3 is 2.81 bits per heavy atom. The molecular weight excluding hydrogens is 364 g/mol. The minimum Gasteiger partial charge on any atom is -0.459 e. The number of nitrogens with zero attached hydrogens (tertiary/aromatic N) is 1. The Morgan fingerprint density at radius 2 is 2.11 bits per heavy atom. The maximum absolute atomic E-state index is 12.3. The van der Waals surface area contributed by atoms with Gasteiger partial charge in [-0.3, -0.25) is 9.59 Å². The zero-order valence-corrected chi connectivity index (χ0v) is 16.1. The van der Waals surface area contributed by atoms with E-state index >= 15 is 0 Å². The number of benzene rings is 1. The Kier molecular flexibility index (Phi) is 5.71. The quantitative estimate of drug-likeness (QED) is 0.632. The number of carbonyl (C=O) groups excluding carboxylic acids is 2. The molecule has 0 saturated carbocycles. The molecule has 1 amide bonds. The molecule has 7 heteroatoms. The Balaban J connectivity index is 1.60. The Hall–Kier alpha value is -2.93. The fourth-order valence-corrected chi connectivity index (χ4v) is 3.36. The van der Waals surface area contributed by atoms with Gasteiger partial charge < -0.3 is 14.5 Å². The second-order valence-corrected chi connectivity index (χ2v) is 7.03. The van der Waals surface area contributed by atoms with Crippen LogP contribution < -0.4 is 5.32 Å². The molecule has 140 valence electrons. The Bertz CT molecular complexity index is 960. The molecule has 3 aromatic rings. The maximum Gasteiger partial charge on any atom is 0.312 e. The molecule has 0 fully saturated rings. The molecule has 0 spiro atoms. The Morgan fingerprint density at radius 1 is 1.30 bits per heavy atom. The monoisotopic (exact) mass is 384 g/mol. The summed E-state index contributed by atoms with van der Waals surface area (Å²) in [5.41, 5.74) is 2.12. The molecule has 0 saturated heterocycles. The van der Waals surface area contributed by atoms with Crippen molar-refractivity contribution in [2.24, 2.45) is 0 Å². The van der Waals surface area contributed by atoms with Gasteiger partial charge in [-0.15, -0.1) is 11.3 Å². The largest absolute Gasteiger partial charge is 0.459 e. The van der Waals surface area contributed by atoms with Gasteiger partial charge in [0, 0.05) is 18.0 Å². The second-order valence-electron chi connectivity index (χ2n) is 6.17. The molecule has 0 unspecified atom stereocenters. The molecular formula is C20H20N2O4S. The fraction of sp³-hybridized carbons (Fsp3) is 0.250. The first kappa shape index (κ1) is 18.8. The van der Waals surface area contributed by atoms with Gasteiger partial charge in [-0.2, -0.15) is 0 Å². The SMILES string of the molecule is CC(=O)Nc1cccc([C@@H](C)OC(=O)Cc2csc(-c3ccc(C)o3)n2)c1. The lowest BCUT2D eigenvalue weighted by Gasteiger charge is -2.14. The smallest absolute Gasteiger partial charge is 0.312 e. The molecule has 0 aliphatic heterocycles. The predicted octanol–water partition coefficient (Wildman–Crippen LogP) is 4.52. The molecule has 0 aliphatic carbocycles. The zero-order valence-electron chi connectivity index (χ0n) is 15.3. The lowest BCUT2D eigenvalue weighted by molar-refractivity contribution is -0.147. The number of furan rings is 1. The zero-order chi connectivity index (χ0) is 19.4. The summed E-state index contributed by atoms with van der Waals surface area (Å²) < 4.78 is 11.1. The highest BCUT2D eigenvalue weighted by atomic mass is 32.1. The lowest BCUT2D eigenvalue weighted by Crippen LogP contribution is -2.12. The number of hydrogen-bond acceptors (Lipinski definition) is 6. The van der Waals surface area contributed by atoms with Crippen LogP contribution in [0.2, 0.25) is 0 Å². The van der Waals surface area contributed by atoms with E-state index in [1.807, 2.05) is 36.6 Å². The van der Waals surface area contributed by atoms with Crippen LogP contribution in [0, 0.1) is 6.92 Å². The molecule has 0 aliphatic rings. The van der Waals surface area contributed by atoms with Gasteiger partial charge in [-0.25, -0.2) is 4.98 Å². The van der Waals surface area contributed by atoms with Gasteiger partial charge >= 0.3 is 5.97 Å². The van der Waals surface area contributed by atoms with Crippen LogP contribution in [0.5, 0.6) is 0 Å². The van der Waals surface area contributed by atoms with Crippen molar-refractivity contribution in [3.8, 4) is 10.8 Å². The number of rotatable bonds is 6. The number of ether oxygens (including phenoxy) is 1. The van der Waals surface area contributed by atoms with Crippen LogP contribution in [-0.2, 0) is 20.7 Å². The molecule has 27 heavy (non-hydrogen) atoms. The first-order valence-corrected chi connectivity index (χ1v) is 9.37. The van der Waals surface area contributed by atoms with Crippen molar-refractivity contribution in [2.45, 2.75) is 33.3 Å². The minimum atomic E-state index is -0.433. The molecule has 2 aromatic heterocycles. The number of nitrogens with one attached hydrogen (secondary N) is 1. The standard InChI is InChI=1S/C20H20N2O4S/c1-12-7-8-18(25-12)20-22-17(11-27-20)10-19(24)26-13(2)15-5-4-6-16(9-15)21-14(3)23/h4-9,11,13H,10H2,1-3H3,(H,21,23)/t13-/m1/s1. The number of carbonyl (C=O) groups is 2. The molecule has 0 radical (unpaired) electrons. The van der Waals surface area contributed by atoms with Crippen LogP contribution in [0.4, 0.5) is 5.69 Å². The summed E-state index contributed by atoms with van der Waals surface area (Å²) in [6.45, 7) is 5.11. The maximum atomic E-state index is 12.3. The first-order valence-electron chi connectivity index (χ1n) is 8.49. The van der Waals surface area contributed by atoms with Gasteiger partial charge in [0.1, 0.15) is 11.9 Å². The van der Waals surface area contributed by atoms with Gasteiger partial charge in [-0.1, -0.05) is 12.1 Å². The van der Waals surface area contributed by atoms with Crippen molar-refractivity contribution in [1.82, 2.24) is 4.98 Å². The van der Waals surface area contributed by atoms with E-state index in [1.54, 1.807) is 19.1 Å². The highest BCUT2D eigenvalue weighted by Gasteiger charge is 2.16. The van der Waals surface area contributed by atoms with Crippen molar-refractivity contribution >= 4 is 28.9 Å². The van der Waals surface area contributed by atoms with Gasteiger partial charge in [0.05, 0.1) is 12.1 Å². The fourth-order valence-electron chi connectivity index (χ4n) is 2.58. The van der Waals surface area contributed by atoms with Crippen LogP contribution in [-0.4, -0.2) is 16.9 Å². The number of hydrogen-bond donors (Lipinski definition) is 1. The summed E-state index contributed by atoms with van der Waals surface area (Å²) in [6, 6.07) is 11.0. The van der Waals surface area contributed by atoms with Crippen molar-refractivity contribution in [3.63, 3.8) is 0 Å². The first-order chi connectivity index (χ1) is 12.9. The Labute approximate surface area is 161 Å². The molecule has 1 N–H and O–H groups in total. The van der Waals surface area contributed by atoms with Gasteiger partial charge in [0.2, 0.25) is 5.91 Å². The molecule has 2 heterocycles. The van der Waals surface area contributed by atoms with E-state index in [0.717, 1.165) is 16.3 Å². The molecule has 6 nitrogen and oxygen atoms in total. The summed E-state index contributed by atoms with van der Waals surface area (Å²) in [5.74, 6) is 1.000. The van der Waals surface area contributed by atoms with Gasteiger partial charge in [0.25, 0.3) is 0 Å². The third-order valence-corrected chi connectivity index (χ3v) is 4.72. The summed E-state index contributed by atoms with van der Waals surface area (Å²) in [4.78, 5) is 27.9. The molecule has 0 bridgehead atoms. The number of thiazole rings is 1. The van der Waals surface area contributed by atoms with E-state index in [4.69, 9.17) is 9.15 Å². The highest BCUT2D eigenvalue weighted by molar-refractivity contribution is 7.13.